The van der Waals surface area contributed by atoms with Crippen LogP contribution in [0.3, 0.4) is 0 Å². The molecule has 1 amide bonds. The number of sulfonamides is 1. The van der Waals surface area contributed by atoms with Crippen LogP contribution >= 0.6 is 0 Å². The van der Waals surface area contributed by atoms with Crippen LogP contribution < -0.4 is 0 Å². The second-order valence-electron chi connectivity index (χ2n) is 4.79. The smallest absolute Gasteiger partial charge is 0.256 e. The highest BCUT2D eigenvalue weighted by atomic mass is 32.2. The summed E-state index contributed by atoms with van der Waals surface area (Å²) in [6.07, 6.45) is 1.70. The highest BCUT2D eigenvalue weighted by molar-refractivity contribution is 7.88. The summed E-state index contributed by atoms with van der Waals surface area (Å²) in [5.74, 6) is -0.944. The summed E-state index contributed by atoms with van der Waals surface area (Å²) in [7, 11) is -3.25. The highest BCUT2D eigenvalue weighted by Gasteiger charge is 2.25. The van der Waals surface area contributed by atoms with E-state index >= 15 is 0 Å². The van der Waals surface area contributed by atoms with Crippen molar-refractivity contribution in [3.63, 3.8) is 0 Å². The Kier molecular flexibility index (Phi) is 4.39. The predicted octanol–water partition coefficient (Wildman–Crippen LogP) is 0.933. The summed E-state index contributed by atoms with van der Waals surface area (Å²) in [5, 5.41) is 0. The Balaban J connectivity index is 2.11. The van der Waals surface area contributed by atoms with E-state index in [0.29, 0.717) is 19.5 Å². The number of hydrogen-bond donors (Lipinski definition) is 0. The molecule has 0 radical (unpaired) electrons. The van der Waals surface area contributed by atoms with Gasteiger partial charge in [-0.1, -0.05) is 12.1 Å². The molecule has 0 atom stereocenters. The predicted molar refractivity (Wildman–Crippen MR) is 73.3 cm³/mol. The van der Waals surface area contributed by atoms with Gasteiger partial charge in [0.05, 0.1) is 11.8 Å². The molecule has 1 aromatic rings. The summed E-state index contributed by atoms with van der Waals surface area (Å²) >= 11 is 0. The maximum atomic E-state index is 13.6. The second kappa shape index (κ2) is 5.88. The quantitative estimate of drug-likeness (QED) is 0.816. The van der Waals surface area contributed by atoms with Gasteiger partial charge in [0, 0.05) is 26.2 Å². The van der Waals surface area contributed by atoms with Crippen LogP contribution in [0.25, 0.3) is 0 Å². The van der Waals surface area contributed by atoms with Crippen LogP contribution in [-0.2, 0) is 10.0 Å². The van der Waals surface area contributed by atoms with Crippen molar-refractivity contribution in [3.8, 4) is 0 Å². The average Bonchev–Trinajstić information content (AvgIpc) is 2.63. The van der Waals surface area contributed by atoms with Crippen molar-refractivity contribution in [2.75, 3.05) is 32.4 Å². The van der Waals surface area contributed by atoms with E-state index in [9.17, 15) is 17.6 Å². The summed E-state index contributed by atoms with van der Waals surface area (Å²) in [6, 6.07) is 5.82. The van der Waals surface area contributed by atoms with E-state index in [2.05, 4.69) is 0 Å². The average molecular weight is 300 g/mol. The third kappa shape index (κ3) is 3.34. The largest absolute Gasteiger partial charge is 0.337 e. The van der Waals surface area contributed by atoms with Crippen LogP contribution in [0.1, 0.15) is 16.8 Å². The van der Waals surface area contributed by atoms with Gasteiger partial charge in [0.2, 0.25) is 10.0 Å². The molecule has 0 saturated carbocycles. The molecule has 0 bridgehead atoms. The molecule has 5 nitrogen and oxygen atoms in total. The molecule has 1 fully saturated rings. The van der Waals surface area contributed by atoms with Gasteiger partial charge in [-0.15, -0.1) is 0 Å². The van der Waals surface area contributed by atoms with E-state index in [-0.39, 0.29) is 18.7 Å². The van der Waals surface area contributed by atoms with Gasteiger partial charge in [-0.25, -0.2) is 17.1 Å². The Morgan fingerprint density at radius 2 is 1.85 bits per heavy atom. The Morgan fingerprint density at radius 1 is 1.15 bits per heavy atom. The maximum absolute atomic E-state index is 13.6. The first-order valence-corrected chi connectivity index (χ1v) is 8.23. The van der Waals surface area contributed by atoms with Gasteiger partial charge < -0.3 is 4.90 Å². The fraction of sp³-hybridized carbons (Fsp3) is 0.462. The Morgan fingerprint density at radius 3 is 2.50 bits per heavy atom. The van der Waals surface area contributed by atoms with E-state index < -0.39 is 21.7 Å². The zero-order valence-corrected chi connectivity index (χ0v) is 12.1. The van der Waals surface area contributed by atoms with Crippen LogP contribution in [0.15, 0.2) is 24.3 Å². The molecule has 0 unspecified atom stereocenters. The number of rotatable bonds is 2. The summed E-state index contributed by atoms with van der Waals surface area (Å²) in [6.45, 7) is 1.35. The molecule has 1 aliphatic heterocycles. The lowest BCUT2D eigenvalue weighted by Gasteiger charge is -2.21. The van der Waals surface area contributed by atoms with Crippen molar-refractivity contribution >= 4 is 15.9 Å². The van der Waals surface area contributed by atoms with Gasteiger partial charge in [0.15, 0.2) is 0 Å². The fourth-order valence-corrected chi connectivity index (χ4v) is 3.11. The number of halogens is 1. The first-order valence-electron chi connectivity index (χ1n) is 6.38. The third-order valence-electron chi connectivity index (χ3n) is 3.32. The summed E-state index contributed by atoms with van der Waals surface area (Å²) in [4.78, 5) is 13.8. The van der Waals surface area contributed by atoms with Crippen LogP contribution in [0.4, 0.5) is 4.39 Å². The summed E-state index contributed by atoms with van der Waals surface area (Å²) in [5.41, 5.74) is 0.0281. The minimum atomic E-state index is -3.25. The topological polar surface area (TPSA) is 57.7 Å². The number of hydrogen-bond acceptors (Lipinski definition) is 3. The van der Waals surface area contributed by atoms with E-state index in [1.54, 1.807) is 6.07 Å². The zero-order valence-electron chi connectivity index (χ0n) is 11.3. The van der Waals surface area contributed by atoms with Crippen molar-refractivity contribution in [2.45, 2.75) is 6.42 Å². The minimum Gasteiger partial charge on any atom is -0.337 e. The molecule has 110 valence electrons. The molecule has 0 spiro atoms. The molecule has 20 heavy (non-hydrogen) atoms. The van der Waals surface area contributed by atoms with Gasteiger partial charge >= 0.3 is 0 Å². The molecule has 1 saturated heterocycles. The van der Waals surface area contributed by atoms with Crippen molar-refractivity contribution in [1.29, 1.82) is 0 Å². The SMILES string of the molecule is CS(=O)(=O)N1CCCN(C(=O)c2ccccc2F)CC1. The zero-order chi connectivity index (χ0) is 14.8. The van der Waals surface area contributed by atoms with Crippen LogP contribution in [0, 0.1) is 5.82 Å². The molecule has 7 heteroatoms. The number of nitrogens with zero attached hydrogens (tertiary/aromatic N) is 2. The first kappa shape index (κ1) is 14.9. The molecule has 1 aromatic carbocycles. The van der Waals surface area contributed by atoms with Gasteiger partial charge in [-0.2, -0.15) is 0 Å². The molecule has 2 rings (SSSR count). The fourth-order valence-electron chi connectivity index (χ4n) is 2.23. The van der Waals surface area contributed by atoms with E-state index in [1.807, 2.05) is 0 Å². The molecule has 0 aliphatic carbocycles. The minimum absolute atomic E-state index is 0.0281. The van der Waals surface area contributed by atoms with Gasteiger partial charge in [-0.05, 0) is 18.6 Å². The lowest BCUT2D eigenvalue weighted by Crippen LogP contribution is -2.37. The van der Waals surface area contributed by atoms with Gasteiger partial charge in [0.25, 0.3) is 5.91 Å². The van der Waals surface area contributed by atoms with Gasteiger partial charge in [-0.3, -0.25) is 4.79 Å². The first-order chi connectivity index (χ1) is 9.39. The number of carbonyl (C=O) groups excluding carboxylic acids is 1. The number of amides is 1. The standard InChI is InChI=1S/C13H17FN2O3S/c1-20(18,19)16-8-4-7-15(9-10-16)13(17)11-5-2-3-6-12(11)14/h2-3,5-6H,4,7-10H2,1H3. The number of carbonyl (C=O) groups is 1. The van der Waals surface area contributed by atoms with Crippen molar-refractivity contribution in [1.82, 2.24) is 9.21 Å². The van der Waals surface area contributed by atoms with Crippen LogP contribution in [0.2, 0.25) is 0 Å². The Bertz CT molecular complexity index is 603. The van der Waals surface area contributed by atoms with Gasteiger partial charge in [0.1, 0.15) is 5.82 Å². The third-order valence-corrected chi connectivity index (χ3v) is 4.62. The van der Waals surface area contributed by atoms with E-state index in [4.69, 9.17) is 0 Å². The van der Waals surface area contributed by atoms with Crippen LogP contribution in [-0.4, -0.2) is 56.0 Å². The Labute approximate surface area is 118 Å². The normalized spacial score (nSPS) is 17.8. The molecule has 0 aromatic heterocycles. The highest BCUT2D eigenvalue weighted by Crippen LogP contribution is 2.13. The van der Waals surface area contributed by atoms with E-state index in [0.717, 1.165) is 6.26 Å². The van der Waals surface area contributed by atoms with Crippen molar-refractivity contribution in [2.24, 2.45) is 0 Å². The molecule has 1 aliphatic rings. The lowest BCUT2D eigenvalue weighted by molar-refractivity contribution is 0.0759. The molecular formula is C13H17FN2O3S. The molecule has 0 N–H and O–H groups in total. The Hall–Kier alpha value is -1.47. The van der Waals surface area contributed by atoms with Crippen molar-refractivity contribution < 1.29 is 17.6 Å². The molecule has 1 heterocycles. The number of benzene rings is 1. The van der Waals surface area contributed by atoms with Crippen LogP contribution in [0.5, 0.6) is 0 Å². The molecular weight excluding hydrogens is 283 g/mol. The van der Waals surface area contributed by atoms with E-state index in [1.165, 1.54) is 27.4 Å². The monoisotopic (exact) mass is 300 g/mol. The lowest BCUT2D eigenvalue weighted by atomic mass is 10.2. The summed E-state index contributed by atoms with van der Waals surface area (Å²) < 4.78 is 38.0. The van der Waals surface area contributed by atoms with Crippen molar-refractivity contribution in [3.05, 3.63) is 35.6 Å². The maximum Gasteiger partial charge on any atom is 0.256 e. The second-order valence-corrected chi connectivity index (χ2v) is 6.77.